The van der Waals surface area contributed by atoms with Crippen LogP contribution < -0.4 is 0 Å². The molecular formula is C18H33PW. The predicted octanol–water partition coefficient (Wildman–Crippen LogP) is 6.46. The van der Waals surface area contributed by atoms with Crippen molar-refractivity contribution in [3.63, 3.8) is 0 Å². The Morgan fingerprint density at radius 2 is 0.650 bits per heavy atom. The van der Waals surface area contributed by atoms with Crippen LogP contribution in [0.3, 0.4) is 0 Å². The molecule has 2 heteroatoms. The van der Waals surface area contributed by atoms with Crippen molar-refractivity contribution in [2.75, 3.05) is 0 Å². The van der Waals surface area contributed by atoms with Crippen molar-refractivity contribution in [2.24, 2.45) is 0 Å². The second-order valence-corrected chi connectivity index (χ2v) is 10.4. The molecule has 3 aliphatic rings. The van der Waals surface area contributed by atoms with E-state index in [9.17, 15) is 0 Å². The fourth-order valence-corrected chi connectivity index (χ4v) is 9.71. The summed E-state index contributed by atoms with van der Waals surface area (Å²) in [4.78, 5) is 0. The van der Waals surface area contributed by atoms with Gasteiger partial charge in [-0.2, -0.15) is 0 Å². The molecule has 0 N–H and O–H groups in total. The van der Waals surface area contributed by atoms with Crippen LogP contribution in [0, 0.1) is 0 Å². The molecule has 0 amide bonds. The Kier molecular flexibility index (Phi) is 8.12. The summed E-state index contributed by atoms with van der Waals surface area (Å²) < 4.78 is 0. The van der Waals surface area contributed by atoms with Crippen LogP contribution in [-0.4, -0.2) is 17.0 Å². The van der Waals surface area contributed by atoms with Gasteiger partial charge >= 0.3 is 0 Å². The first-order valence-corrected chi connectivity index (χ1v) is 10.8. The van der Waals surface area contributed by atoms with Crippen LogP contribution in [0.4, 0.5) is 0 Å². The quantitative estimate of drug-likeness (QED) is 0.421. The van der Waals surface area contributed by atoms with Gasteiger partial charge in [0.15, 0.2) is 0 Å². The first kappa shape index (κ1) is 17.5. The maximum absolute atomic E-state index is 1.61. The van der Waals surface area contributed by atoms with Crippen molar-refractivity contribution >= 4 is 7.92 Å². The van der Waals surface area contributed by atoms with E-state index in [-0.39, 0.29) is 21.1 Å². The third-order valence-electron chi connectivity index (χ3n) is 5.99. The summed E-state index contributed by atoms with van der Waals surface area (Å²) in [6.07, 6.45) is 23.6. The summed E-state index contributed by atoms with van der Waals surface area (Å²) in [5.74, 6) is 0. The Labute approximate surface area is 142 Å². The van der Waals surface area contributed by atoms with E-state index in [0.29, 0.717) is 7.92 Å². The molecule has 0 radical (unpaired) electrons. The summed E-state index contributed by atoms with van der Waals surface area (Å²) >= 11 is 0. The minimum absolute atomic E-state index is 0. The number of rotatable bonds is 3. The Morgan fingerprint density at radius 3 is 0.900 bits per heavy atom. The first-order chi connectivity index (χ1) is 9.45. The summed E-state index contributed by atoms with van der Waals surface area (Å²) in [6.45, 7) is 0. The normalized spacial score (nSPS) is 27.4. The smallest absolute Gasteiger partial charge is 0 e. The molecule has 0 aromatic heterocycles. The fourth-order valence-electron chi connectivity index (χ4n) is 5.03. The second-order valence-electron chi connectivity index (χ2n) is 7.32. The molecule has 20 heavy (non-hydrogen) atoms. The van der Waals surface area contributed by atoms with Gasteiger partial charge in [-0.3, -0.25) is 0 Å². The monoisotopic (exact) mass is 464 g/mol. The zero-order chi connectivity index (χ0) is 12.9. The molecule has 3 saturated carbocycles. The van der Waals surface area contributed by atoms with Gasteiger partial charge in [0.2, 0.25) is 0 Å². The molecule has 0 saturated heterocycles. The van der Waals surface area contributed by atoms with Gasteiger partial charge in [0.05, 0.1) is 0 Å². The molecule has 3 fully saturated rings. The van der Waals surface area contributed by atoms with E-state index < -0.39 is 0 Å². The number of hydrogen-bond donors (Lipinski definition) is 0. The molecule has 0 aromatic carbocycles. The van der Waals surface area contributed by atoms with Crippen molar-refractivity contribution < 1.29 is 21.1 Å². The minimum Gasteiger partial charge on any atom is -0.0971 e. The van der Waals surface area contributed by atoms with Gasteiger partial charge in [-0.05, 0) is 55.5 Å². The molecule has 3 aliphatic carbocycles. The standard InChI is InChI=1S/C18H33P.W/c1-4-10-16(11-5-1)19(17-12-6-2-7-13-17)18-14-8-3-9-15-18;/h16-18H,1-15H2;. The van der Waals surface area contributed by atoms with E-state index in [2.05, 4.69) is 0 Å². The van der Waals surface area contributed by atoms with Gasteiger partial charge in [0, 0.05) is 21.1 Å². The fraction of sp³-hybridized carbons (Fsp3) is 1.00. The second kappa shape index (κ2) is 9.30. The third-order valence-corrected chi connectivity index (χ3v) is 10.1. The van der Waals surface area contributed by atoms with Gasteiger partial charge in [0.1, 0.15) is 0 Å². The van der Waals surface area contributed by atoms with Gasteiger partial charge in [0.25, 0.3) is 0 Å². The van der Waals surface area contributed by atoms with E-state index in [4.69, 9.17) is 0 Å². The average Bonchev–Trinajstić information content (AvgIpc) is 2.51. The molecular weight excluding hydrogens is 431 g/mol. The Morgan fingerprint density at radius 1 is 0.400 bits per heavy atom. The van der Waals surface area contributed by atoms with Crippen LogP contribution in [0.25, 0.3) is 0 Å². The van der Waals surface area contributed by atoms with Crippen molar-refractivity contribution in [3.05, 3.63) is 0 Å². The van der Waals surface area contributed by atoms with E-state index in [1.54, 1.807) is 77.0 Å². The molecule has 3 rings (SSSR count). The van der Waals surface area contributed by atoms with Crippen molar-refractivity contribution in [3.8, 4) is 0 Å². The summed E-state index contributed by atoms with van der Waals surface area (Å²) in [6, 6.07) is 0. The molecule has 0 bridgehead atoms. The van der Waals surface area contributed by atoms with Crippen LogP contribution in [0.2, 0.25) is 0 Å². The molecule has 0 unspecified atom stereocenters. The molecule has 0 heterocycles. The SMILES string of the molecule is C1CCC(P(C2CCCCC2)C2CCCCC2)CC1.[W]. The first-order valence-electron chi connectivity index (χ1n) is 9.22. The Hall–Kier alpha value is 1.12. The van der Waals surface area contributed by atoms with Crippen LogP contribution in [-0.2, 0) is 21.1 Å². The molecule has 116 valence electrons. The van der Waals surface area contributed by atoms with Crippen molar-refractivity contribution in [2.45, 2.75) is 113 Å². The number of hydrogen-bond acceptors (Lipinski definition) is 0. The van der Waals surface area contributed by atoms with Crippen LogP contribution in [0.5, 0.6) is 0 Å². The van der Waals surface area contributed by atoms with E-state index in [1.807, 2.05) is 0 Å². The zero-order valence-corrected chi connectivity index (χ0v) is 17.0. The van der Waals surface area contributed by atoms with Crippen LogP contribution in [0.1, 0.15) is 96.3 Å². The van der Waals surface area contributed by atoms with E-state index in [0.717, 1.165) is 0 Å². The van der Waals surface area contributed by atoms with Crippen molar-refractivity contribution in [1.29, 1.82) is 0 Å². The van der Waals surface area contributed by atoms with E-state index in [1.165, 1.54) is 36.2 Å². The van der Waals surface area contributed by atoms with Gasteiger partial charge in [-0.15, -0.1) is 0 Å². The van der Waals surface area contributed by atoms with Crippen LogP contribution >= 0.6 is 7.92 Å². The summed E-state index contributed by atoms with van der Waals surface area (Å²) in [5, 5.41) is 0. The third kappa shape index (κ3) is 4.56. The van der Waals surface area contributed by atoms with Crippen molar-refractivity contribution in [1.82, 2.24) is 0 Å². The van der Waals surface area contributed by atoms with Gasteiger partial charge in [-0.25, -0.2) is 0 Å². The largest absolute Gasteiger partial charge is 0.0971 e. The molecule has 0 atom stereocenters. The van der Waals surface area contributed by atoms with Gasteiger partial charge in [-0.1, -0.05) is 65.7 Å². The Bertz CT molecular complexity index is 207. The molecule has 0 aromatic rings. The molecule has 0 nitrogen and oxygen atoms in total. The zero-order valence-electron chi connectivity index (χ0n) is 13.2. The van der Waals surface area contributed by atoms with Crippen LogP contribution in [0.15, 0.2) is 0 Å². The van der Waals surface area contributed by atoms with Gasteiger partial charge < -0.3 is 0 Å². The maximum Gasteiger partial charge on any atom is 0 e. The topological polar surface area (TPSA) is 0 Å². The average molecular weight is 464 g/mol. The maximum atomic E-state index is 1.61. The summed E-state index contributed by atoms with van der Waals surface area (Å²) in [5.41, 5.74) is 3.57. The summed E-state index contributed by atoms with van der Waals surface area (Å²) in [7, 11) is 0.385. The molecule has 0 aliphatic heterocycles. The Balaban J connectivity index is 0.00000147. The molecule has 0 spiro atoms. The predicted molar refractivity (Wildman–Crippen MR) is 87.5 cm³/mol. The van der Waals surface area contributed by atoms with E-state index >= 15 is 0 Å². The minimum atomic E-state index is 0.